The summed E-state index contributed by atoms with van der Waals surface area (Å²) in [5.41, 5.74) is 0. The zero-order valence-electron chi connectivity index (χ0n) is 11.3. The van der Waals surface area contributed by atoms with Crippen molar-refractivity contribution in [3.8, 4) is 11.5 Å². The summed E-state index contributed by atoms with van der Waals surface area (Å²) in [7, 11) is 1.59. The number of methoxy groups -OCH3 is 1. The number of rotatable bonds is 7. The molecule has 0 bridgehead atoms. The average Bonchev–Trinajstić information content (AvgIpc) is 2.87. The second-order valence-corrected chi connectivity index (χ2v) is 4.13. The van der Waals surface area contributed by atoms with Crippen LogP contribution in [0.15, 0.2) is 42.7 Å². The van der Waals surface area contributed by atoms with E-state index in [1.807, 2.05) is 30.3 Å². The third kappa shape index (κ3) is 4.40. The number of amides is 1. The molecule has 0 spiro atoms. The minimum absolute atomic E-state index is 0.114. The van der Waals surface area contributed by atoms with Crippen molar-refractivity contribution in [1.82, 2.24) is 15.1 Å². The van der Waals surface area contributed by atoms with E-state index in [-0.39, 0.29) is 12.5 Å². The SMILES string of the molecule is COCCNC(=O)Cn1cc(Oc2ccccc2)cn1. The van der Waals surface area contributed by atoms with E-state index in [9.17, 15) is 4.79 Å². The van der Waals surface area contributed by atoms with Crippen LogP contribution in [0.2, 0.25) is 0 Å². The van der Waals surface area contributed by atoms with Crippen LogP contribution in [0, 0.1) is 0 Å². The van der Waals surface area contributed by atoms with E-state index < -0.39 is 0 Å². The second-order valence-electron chi connectivity index (χ2n) is 4.13. The number of nitrogens with zero attached hydrogens (tertiary/aromatic N) is 2. The zero-order chi connectivity index (χ0) is 14.2. The standard InChI is InChI=1S/C14H17N3O3/c1-19-8-7-15-14(18)11-17-10-13(9-16-17)20-12-5-3-2-4-6-12/h2-6,9-10H,7-8,11H2,1H3,(H,15,18). The first-order valence-corrected chi connectivity index (χ1v) is 6.29. The summed E-state index contributed by atoms with van der Waals surface area (Å²) in [5.74, 6) is 1.22. The highest BCUT2D eigenvalue weighted by Crippen LogP contribution is 2.19. The maximum absolute atomic E-state index is 11.6. The molecule has 0 saturated heterocycles. The van der Waals surface area contributed by atoms with Crippen LogP contribution >= 0.6 is 0 Å². The number of hydrogen-bond acceptors (Lipinski definition) is 4. The lowest BCUT2D eigenvalue weighted by molar-refractivity contribution is -0.122. The van der Waals surface area contributed by atoms with Crippen LogP contribution in [0.5, 0.6) is 11.5 Å². The van der Waals surface area contributed by atoms with E-state index in [0.717, 1.165) is 5.75 Å². The molecule has 2 aromatic rings. The Morgan fingerprint density at radius 1 is 1.30 bits per heavy atom. The molecule has 1 N–H and O–H groups in total. The number of aromatic nitrogens is 2. The van der Waals surface area contributed by atoms with Gasteiger partial charge in [-0.25, -0.2) is 0 Å². The first-order valence-electron chi connectivity index (χ1n) is 6.29. The molecule has 2 rings (SSSR count). The van der Waals surface area contributed by atoms with Gasteiger partial charge in [-0.2, -0.15) is 5.10 Å². The van der Waals surface area contributed by atoms with E-state index in [1.165, 1.54) is 4.68 Å². The Bertz CT molecular complexity index is 540. The molecule has 0 saturated carbocycles. The molecule has 106 valence electrons. The van der Waals surface area contributed by atoms with Gasteiger partial charge in [0.05, 0.1) is 19.0 Å². The van der Waals surface area contributed by atoms with Gasteiger partial charge in [0, 0.05) is 13.7 Å². The fourth-order valence-electron chi connectivity index (χ4n) is 1.60. The molecule has 1 aromatic heterocycles. The quantitative estimate of drug-likeness (QED) is 0.776. The normalized spacial score (nSPS) is 10.2. The van der Waals surface area contributed by atoms with Gasteiger partial charge in [-0.15, -0.1) is 0 Å². The number of ether oxygens (including phenoxy) is 2. The van der Waals surface area contributed by atoms with E-state index in [0.29, 0.717) is 18.9 Å². The minimum atomic E-state index is -0.114. The molecule has 0 aliphatic rings. The minimum Gasteiger partial charge on any atom is -0.454 e. The molecule has 0 aliphatic heterocycles. The number of hydrogen-bond donors (Lipinski definition) is 1. The molecule has 6 heteroatoms. The largest absolute Gasteiger partial charge is 0.454 e. The Balaban J connectivity index is 1.84. The van der Waals surface area contributed by atoms with Crippen LogP contribution < -0.4 is 10.1 Å². The summed E-state index contributed by atoms with van der Waals surface area (Å²) in [5, 5.41) is 6.81. The molecule has 1 heterocycles. The van der Waals surface area contributed by atoms with Crippen molar-refractivity contribution in [2.24, 2.45) is 0 Å². The number of carbonyl (C=O) groups is 1. The molecule has 0 unspecified atom stereocenters. The highest BCUT2D eigenvalue weighted by Gasteiger charge is 2.05. The molecule has 0 fully saturated rings. The van der Waals surface area contributed by atoms with Gasteiger partial charge in [-0.3, -0.25) is 9.48 Å². The third-order valence-corrected chi connectivity index (χ3v) is 2.52. The second kappa shape index (κ2) is 7.30. The van der Waals surface area contributed by atoms with Crippen LogP contribution in [0.25, 0.3) is 0 Å². The number of carbonyl (C=O) groups excluding carboxylic acids is 1. The van der Waals surface area contributed by atoms with Gasteiger partial charge >= 0.3 is 0 Å². The summed E-state index contributed by atoms with van der Waals surface area (Å²) >= 11 is 0. The van der Waals surface area contributed by atoms with Gasteiger partial charge in [-0.05, 0) is 12.1 Å². The smallest absolute Gasteiger partial charge is 0.241 e. The van der Waals surface area contributed by atoms with Crippen molar-refractivity contribution in [3.63, 3.8) is 0 Å². The van der Waals surface area contributed by atoms with Crippen molar-refractivity contribution in [1.29, 1.82) is 0 Å². The predicted octanol–water partition coefficient (Wildman–Crippen LogP) is 1.44. The monoisotopic (exact) mass is 275 g/mol. The molecule has 0 atom stereocenters. The maximum Gasteiger partial charge on any atom is 0.241 e. The van der Waals surface area contributed by atoms with Gasteiger partial charge in [0.2, 0.25) is 5.91 Å². The van der Waals surface area contributed by atoms with Crippen molar-refractivity contribution in [3.05, 3.63) is 42.7 Å². The van der Waals surface area contributed by atoms with Gasteiger partial charge in [0.1, 0.15) is 12.3 Å². The molecule has 0 radical (unpaired) electrons. The van der Waals surface area contributed by atoms with Crippen LogP contribution in [0.1, 0.15) is 0 Å². The fraction of sp³-hybridized carbons (Fsp3) is 0.286. The Hall–Kier alpha value is -2.34. The lowest BCUT2D eigenvalue weighted by Gasteiger charge is -2.04. The van der Waals surface area contributed by atoms with Crippen molar-refractivity contribution < 1.29 is 14.3 Å². The number of para-hydroxylation sites is 1. The van der Waals surface area contributed by atoms with Crippen LogP contribution in [0.4, 0.5) is 0 Å². The van der Waals surface area contributed by atoms with Crippen LogP contribution in [0.3, 0.4) is 0 Å². The molecule has 20 heavy (non-hydrogen) atoms. The topological polar surface area (TPSA) is 65.4 Å². The summed E-state index contributed by atoms with van der Waals surface area (Å²) in [4.78, 5) is 11.6. The van der Waals surface area contributed by atoms with E-state index in [2.05, 4.69) is 10.4 Å². The third-order valence-electron chi connectivity index (χ3n) is 2.52. The first-order chi connectivity index (χ1) is 9.78. The molecule has 1 amide bonds. The Kier molecular flexibility index (Phi) is 5.14. The Morgan fingerprint density at radius 2 is 2.10 bits per heavy atom. The van der Waals surface area contributed by atoms with Crippen molar-refractivity contribution in [2.45, 2.75) is 6.54 Å². The summed E-state index contributed by atoms with van der Waals surface area (Å²) in [6.45, 7) is 1.14. The average molecular weight is 275 g/mol. The first kappa shape index (κ1) is 14.1. The Labute approximate surface area is 117 Å². The van der Waals surface area contributed by atoms with E-state index >= 15 is 0 Å². The highest BCUT2D eigenvalue weighted by molar-refractivity contribution is 5.75. The van der Waals surface area contributed by atoms with E-state index in [1.54, 1.807) is 19.5 Å². The predicted molar refractivity (Wildman–Crippen MR) is 73.6 cm³/mol. The van der Waals surface area contributed by atoms with Crippen LogP contribution in [-0.4, -0.2) is 35.9 Å². The fourth-order valence-corrected chi connectivity index (χ4v) is 1.60. The lowest BCUT2D eigenvalue weighted by Crippen LogP contribution is -2.30. The molecule has 1 aromatic carbocycles. The van der Waals surface area contributed by atoms with Crippen molar-refractivity contribution >= 4 is 5.91 Å². The summed E-state index contributed by atoms with van der Waals surface area (Å²) < 4.78 is 12.0. The molecule has 6 nitrogen and oxygen atoms in total. The van der Waals surface area contributed by atoms with Gasteiger partial charge in [0.15, 0.2) is 5.75 Å². The van der Waals surface area contributed by atoms with Gasteiger partial charge < -0.3 is 14.8 Å². The van der Waals surface area contributed by atoms with E-state index in [4.69, 9.17) is 9.47 Å². The van der Waals surface area contributed by atoms with Crippen LogP contribution in [-0.2, 0) is 16.1 Å². The summed E-state index contributed by atoms with van der Waals surface area (Å²) in [6.07, 6.45) is 3.26. The lowest BCUT2D eigenvalue weighted by atomic mass is 10.3. The zero-order valence-corrected chi connectivity index (χ0v) is 11.3. The molecular weight excluding hydrogens is 258 g/mol. The number of benzene rings is 1. The summed E-state index contributed by atoms with van der Waals surface area (Å²) in [6, 6.07) is 9.41. The van der Waals surface area contributed by atoms with Gasteiger partial charge in [0.25, 0.3) is 0 Å². The molecule has 0 aliphatic carbocycles. The molecular formula is C14H17N3O3. The van der Waals surface area contributed by atoms with Crippen molar-refractivity contribution in [2.75, 3.05) is 20.3 Å². The maximum atomic E-state index is 11.6. The highest BCUT2D eigenvalue weighted by atomic mass is 16.5. The Morgan fingerprint density at radius 3 is 2.85 bits per heavy atom. The van der Waals surface area contributed by atoms with Gasteiger partial charge in [-0.1, -0.05) is 18.2 Å². The number of nitrogens with one attached hydrogen (secondary N) is 1.